The zero-order chi connectivity index (χ0) is 22.5. The van der Waals surface area contributed by atoms with E-state index in [9.17, 15) is 4.79 Å². The summed E-state index contributed by atoms with van der Waals surface area (Å²) in [5.41, 5.74) is 4.60. The minimum Gasteiger partial charge on any atom is -0.483 e. The quantitative estimate of drug-likeness (QED) is 0.398. The van der Waals surface area contributed by atoms with Crippen LogP contribution < -0.4 is 10.2 Å². The van der Waals surface area contributed by atoms with Crippen LogP contribution >= 0.6 is 0 Å². The SMILES string of the molecule is O=c1cc2n(cc1OCc1ccccc1)CCN(Cc1ccccc1)C2Cc1ccccc1. The number of hydrogen-bond donors (Lipinski definition) is 0. The van der Waals surface area contributed by atoms with Crippen molar-refractivity contribution in [2.75, 3.05) is 6.54 Å². The van der Waals surface area contributed by atoms with Gasteiger partial charge in [-0.05, 0) is 23.1 Å². The molecule has 33 heavy (non-hydrogen) atoms. The summed E-state index contributed by atoms with van der Waals surface area (Å²) in [5, 5.41) is 0. The highest BCUT2D eigenvalue weighted by Crippen LogP contribution is 2.30. The van der Waals surface area contributed by atoms with Crippen LogP contribution in [0.1, 0.15) is 28.4 Å². The molecule has 3 aromatic carbocycles. The van der Waals surface area contributed by atoms with Crippen molar-refractivity contribution in [1.82, 2.24) is 9.47 Å². The van der Waals surface area contributed by atoms with Gasteiger partial charge in [-0.25, -0.2) is 0 Å². The van der Waals surface area contributed by atoms with Crippen molar-refractivity contribution < 1.29 is 4.74 Å². The molecule has 166 valence electrons. The van der Waals surface area contributed by atoms with Crippen molar-refractivity contribution in [1.29, 1.82) is 0 Å². The van der Waals surface area contributed by atoms with Crippen LogP contribution in [0, 0.1) is 0 Å². The summed E-state index contributed by atoms with van der Waals surface area (Å²) in [7, 11) is 0. The zero-order valence-corrected chi connectivity index (χ0v) is 18.6. The summed E-state index contributed by atoms with van der Waals surface area (Å²) < 4.78 is 8.12. The van der Waals surface area contributed by atoms with Gasteiger partial charge in [0, 0.05) is 31.4 Å². The average Bonchev–Trinajstić information content (AvgIpc) is 2.86. The van der Waals surface area contributed by atoms with Crippen molar-refractivity contribution >= 4 is 0 Å². The Kier molecular flexibility index (Phi) is 6.36. The molecule has 4 heteroatoms. The molecule has 2 heterocycles. The Bertz CT molecular complexity index is 1240. The highest BCUT2D eigenvalue weighted by atomic mass is 16.5. The molecule has 4 aromatic rings. The van der Waals surface area contributed by atoms with Crippen LogP contribution in [0.5, 0.6) is 5.75 Å². The number of benzene rings is 3. The maximum absolute atomic E-state index is 13.0. The molecule has 0 aliphatic carbocycles. The third-order valence-electron chi connectivity index (χ3n) is 6.27. The standard InChI is InChI=1S/C29H28N2O2/c32-28-19-27-26(18-23-10-4-1-5-11-23)30(20-24-12-6-2-7-13-24)16-17-31(27)21-29(28)33-22-25-14-8-3-9-15-25/h1-15,19,21,26H,16-18,20,22H2. The lowest BCUT2D eigenvalue weighted by Crippen LogP contribution is -2.40. The van der Waals surface area contributed by atoms with E-state index < -0.39 is 0 Å². The van der Waals surface area contributed by atoms with Gasteiger partial charge in [-0.2, -0.15) is 0 Å². The van der Waals surface area contributed by atoms with E-state index in [0.717, 1.165) is 37.3 Å². The van der Waals surface area contributed by atoms with Crippen LogP contribution in [-0.2, 0) is 26.1 Å². The number of rotatable bonds is 7. The molecule has 5 rings (SSSR count). The molecule has 1 aromatic heterocycles. The molecule has 4 nitrogen and oxygen atoms in total. The van der Waals surface area contributed by atoms with Gasteiger partial charge in [0.05, 0.1) is 12.2 Å². The predicted molar refractivity (Wildman–Crippen MR) is 131 cm³/mol. The van der Waals surface area contributed by atoms with E-state index in [1.165, 1.54) is 11.1 Å². The van der Waals surface area contributed by atoms with Crippen LogP contribution in [0.15, 0.2) is 108 Å². The third kappa shape index (κ3) is 5.07. The molecule has 0 amide bonds. The second kappa shape index (κ2) is 9.88. The number of fused-ring (bicyclic) bond motifs is 1. The number of nitrogens with zero attached hydrogens (tertiary/aromatic N) is 2. The second-order valence-electron chi connectivity index (χ2n) is 8.56. The summed E-state index contributed by atoms with van der Waals surface area (Å²) in [6.45, 7) is 3.00. The van der Waals surface area contributed by atoms with Gasteiger partial charge >= 0.3 is 0 Å². The van der Waals surface area contributed by atoms with Gasteiger partial charge in [0.25, 0.3) is 0 Å². The molecule has 1 aliphatic heterocycles. The molecular formula is C29H28N2O2. The Hall–Kier alpha value is -3.63. The fourth-order valence-electron chi connectivity index (χ4n) is 4.55. The summed E-state index contributed by atoms with van der Waals surface area (Å²) in [4.78, 5) is 15.5. The lowest BCUT2D eigenvalue weighted by Gasteiger charge is -2.38. The molecule has 1 aliphatic rings. The minimum atomic E-state index is -0.0585. The summed E-state index contributed by atoms with van der Waals surface area (Å²) in [6, 6.07) is 32.9. The molecule has 0 spiro atoms. The molecule has 0 saturated carbocycles. The fraction of sp³-hybridized carbons (Fsp3) is 0.207. The molecule has 1 unspecified atom stereocenters. The highest BCUT2D eigenvalue weighted by molar-refractivity contribution is 5.28. The van der Waals surface area contributed by atoms with Gasteiger partial charge < -0.3 is 9.30 Å². The summed E-state index contributed by atoms with van der Waals surface area (Å²) in [6.07, 6.45) is 2.76. The number of ether oxygens (including phenoxy) is 1. The average molecular weight is 437 g/mol. The van der Waals surface area contributed by atoms with E-state index in [-0.39, 0.29) is 11.5 Å². The summed E-state index contributed by atoms with van der Waals surface area (Å²) >= 11 is 0. The molecule has 1 atom stereocenters. The number of pyridine rings is 1. The molecule has 0 saturated heterocycles. The topological polar surface area (TPSA) is 34.5 Å². The Morgan fingerprint density at radius 1 is 0.758 bits per heavy atom. The molecular weight excluding hydrogens is 408 g/mol. The van der Waals surface area contributed by atoms with Gasteiger partial charge in [-0.1, -0.05) is 91.0 Å². The highest BCUT2D eigenvalue weighted by Gasteiger charge is 2.28. The van der Waals surface area contributed by atoms with Crippen LogP contribution in [0.3, 0.4) is 0 Å². The van der Waals surface area contributed by atoms with Crippen molar-refractivity contribution in [3.63, 3.8) is 0 Å². The number of aromatic nitrogens is 1. The predicted octanol–water partition coefficient (Wildman–Crippen LogP) is 5.23. The first-order valence-electron chi connectivity index (χ1n) is 11.5. The molecule has 0 radical (unpaired) electrons. The lowest BCUT2D eigenvalue weighted by molar-refractivity contribution is 0.144. The van der Waals surface area contributed by atoms with Crippen molar-refractivity contribution in [3.05, 3.63) is 136 Å². The van der Waals surface area contributed by atoms with Gasteiger partial charge in [0.2, 0.25) is 5.43 Å². The first kappa shape index (κ1) is 21.2. The Morgan fingerprint density at radius 3 is 2.03 bits per heavy atom. The fourth-order valence-corrected chi connectivity index (χ4v) is 4.55. The van der Waals surface area contributed by atoms with Gasteiger partial charge in [0.15, 0.2) is 5.75 Å². The maximum atomic E-state index is 13.0. The van der Waals surface area contributed by atoms with Crippen LogP contribution in [0.2, 0.25) is 0 Å². The number of hydrogen-bond acceptors (Lipinski definition) is 3. The largest absolute Gasteiger partial charge is 0.483 e. The lowest BCUT2D eigenvalue weighted by atomic mass is 9.98. The maximum Gasteiger partial charge on any atom is 0.223 e. The van der Waals surface area contributed by atoms with Crippen LogP contribution in [0.25, 0.3) is 0 Å². The van der Waals surface area contributed by atoms with Gasteiger partial charge in [0.1, 0.15) is 6.61 Å². The van der Waals surface area contributed by atoms with E-state index in [2.05, 4.69) is 58.0 Å². The normalized spacial score (nSPS) is 15.7. The van der Waals surface area contributed by atoms with Gasteiger partial charge in [-0.15, -0.1) is 0 Å². The van der Waals surface area contributed by atoms with Gasteiger partial charge in [-0.3, -0.25) is 9.69 Å². The first-order valence-corrected chi connectivity index (χ1v) is 11.5. The molecule has 0 N–H and O–H groups in total. The Morgan fingerprint density at radius 2 is 1.36 bits per heavy atom. The Labute approximate surface area is 194 Å². The van der Waals surface area contributed by atoms with Crippen molar-refractivity contribution in [3.8, 4) is 5.75 Å². The van der Waals surface area contributed by atoms with Crippen LogP contribution in [-0.4, -0.2) is 16.0 Å². The molecule has 0 bridgehead atoms. The van der Waals surface area contributed by atoms with E-state index in [0.29, 0.717) is 12.4 Å². The second-order valence-corrected chi connectivity index (χ2v) is 8.56. The zero-order valence-electron chi connectivity index (χ0n) is 18.6. The monoisotopic (exact) mass is 436 g/mol. The van der Waals surface area contributed by atoms with E-state index >= 15 is 0 Å². The third-order valence-corrected chi connectivity index (χ3v) is 6.27. The van der Waals surface area contributed by atoms with Crippen LogP contribution in [0.4, 0.5) is 0 Å². The Balaban J connectivity index is 1.44. The minimum absolute atomic E-state index is 0.0585. The first-order chi connectivity index (χ1) is 16.3. The van der Waals surface area contributed by atoms with Crippen molar-refractivity contribution in [2.24, 2.45) is 0 Å². The van der Waals surface area contributed by atoms with E-state index in [1.54, 1.807) is 6.07 Å². The van der Waals surface area contributed by atoms with E-state index in [1.807, 2.05) is 48.7 Å². The van der Waals surface area contributed by atoms with Crippen molar-refractivity contribution in [2.45, 2.75) is 32.2 Å². The molecule has 0 fully saturated rings. The van der Waals surface area contributed by atoms with E-state index in [4.69, 9.17) is 4.74 Å². The smallest absolute Gasteiger partial charge is 0.223 e. The summed E-state index contributed by atoms with van der Waals surface area (Å²) in [5.74, 6) is 0.414.